The van der Waals surface area contributed by atoms with Crippen molar-refractivity contribution in [3.63, 3.8) is 0 Å². The van der Waals surface area contributed by atoms with Gasteiger partial charge >= 0.3 is 0 Å². The number of aryl methyl sites for hydroxylation is 2. The summed E-state index contributed by atoms with van der Waals surface area (Å²) in [4.78, 5) is 20.2. The third-order valence-corrected chi connectivity index (χ3v) is 3.56. The number of hydrogen-bond donors (Lipinski definition) is 2. The normalized spacial score (nSPS) is 16.7. The minimum Gasteiger partial charge on any atom is -0.463 e. The van der Waals surface area contributed by atoms with Crippen LogP contribution in [-0.2, 0) is 11.2 Å². The Kier molecular flexibility index (Phi) is 4.27. The quantitative estimate of drug-likeness (QED) is 0.877. The number of ether oxygens (including phenoxy) is 1. The molecule has 2 aromatic rings. The lowest BCUT2D eigenvalue weighted by atomic mass is 10.1. The van der Waals surface area contributed by atoms with Gasteiger partial charge in [0, 0.05) is 12.6 Å². The van der Waals surface area contributed by atoms with E-state index < -0.39 is 0 Å². The van der Waals surface area contributed by atoms with E-state index in [4.69, 9.17) is 14.9 Å². The van der Waals surface area contributed by atoms with Crippen LogP contribution in [0, 0.1) is 6.92 Å². The molecule has 1 amide bonds. The van der Waals surface area contributed by atoms with E-state index >= 15 is 0 Å². The van der Waals surface area contributed by atoms with Crippen molar-refractivity contribution in [2.75, 3.05) is 11.9 Å². The van der Waals surface area contributed by atoms with Crippen molar-refractivity contribution in [3.05, 3.63) is 47.7 Å². The Morgan fingerprint density at radius 3 is 2.78 bits per heavy atom. The molecule has 0 fully saturated rings. The predicted octanol–water partition coefficient (Wildman–Crippen LogP) is 1.88. The van der Waals surface area contributed by atoms with Crippen LogP contribution in [0.3, 0.4) is 0 Å². The highest BCUT2D eigenvalue weighted by Gasteiger charge is 2.16. The molecule has 3 N–H and O–H groups in total. The molecule has 3 rings (SSSR count). The SMILES string of the molecule is Cc1nc(C(=O)Nc2ccc(CC[C@H]3COC(N)=N3)cc2)co1. The number of nitrogens with two attached hydrogens (primary N) is 1. The molecular formula is C16H18N4O3. The third kappa shape index (κ3) is 3.88. The van der Waals surface area contributed by atoms with Gasteiger partial charge in [0.25, 0.3) is 11.9 Å². The number of oxazole rings is 1. The van der Waals surface area contributed by atoms with Gasteiger partial charge in [0.2, 0.25) is 0 Å². The van der Waals surface area contributed by atoms with Gasteiger partial charge in [-0.1, -0.05) is 12.1 Å². The summed E-state index contributed by atoms with van der Waals surface area (Å²) >= 11 is 0. The van der Waals surface area contributed by atoms with Gasteiger partial charge in [-0.15, -0.1) is 0 Å². The summed E-state index contributed by atoms with van der Waals surface area (Å²) in [6.07, 6.45) is 3.10. The van der Waals surface area contributed by atoms with Gasteiger partial charge in [0.15, 0.2) is 11.6 Å². The van der Waals surface area contributed by atoms with Crippen molar-refractivity contribution < 1.29 is 13.9 Å². The zero-order valence-corrected chi connectivity index (χ0v) is 12.8. The van der Waals surface area contributed by atoms with Crippen LogP contribution in [0.2, 0.25) is 0 Å². The number of amidine groups is 1. The molecule has 7 heteroatoms. The Bertz CT molecular complexity index is 721. The number of nitrogens with one attached hydrogen (secondary N) is 1. The molecule has 23 heavy (non-hydrogen) atoms. The molecule has 1 aliphatic rings. The topological polar surface area (TPSA) is 103 Å². The summed E-state index contributed by atoms with van der Waals surface area (Å²) in [7, 11) is 0. The molecule has 0 unspecified atom stereocenters. The first kappa shape index (κ1) is 15.1. The summed E-state index contributed by atoms with van der Waals surface area (Å²) in [5, 5.41) is 2.78. The van der Waals surface area contributed by atoms with Gasteiger partial charge in [0.1, 0.15) is 12.9 Å². The summed E-state index contributed by atoms with van der Waals surface area (Å²) in [5.74, 6) is 0.173. The highest BCUT2D eigenvalue weighted by Crippen LogP contribution is 2.15. The van der Waals surface area contributed by atoms with Crippen LogP contribution >= 0.6 is 0 Å². The van der Waals surface area contributed by atoms with E-state index in [1.807, 2.05) is 24.3 Å². The number of carbonyl (C=O) groups excluding carboxylic acids is 1. The highest BCUT2D eigenvalue weighted by atomic mass is 16.5. The number of anilines is 1. The summed E-state index contributed by atoms with van der Waals surface area (Å²) in [5.41, 5.74) is 7.63. The van der Waals surface area contributed by atoms with Gasteiger partial charge in [-0.25, -0.2) is 9.98 Å². The highest BCUT2D eigenvalue weighted by molar-refractivity contribution is 6.02. The lowest BCUT2D eigenvalue weighted by Crippen LogP contribution is -2.12. The minimum absolute atomic E-state index is 0.129. The summed E-state index contributed by atoms with van der Waals surface area (Å²) in [6.45, 7) is 2.25. The first-order valence-corrected chi connectivity index (χ1v) is 7.38. The van der Waals surface area contributed by atoms with Crippen LogP contribution in [0.5, 0.6) is 0 Å². The number of aromatic nitrogens is 1. The molecule has 0 saturated heterocycles. The molecular weight excluding hydrogens is 296 g/mol. The fourth-order valence-electron chi connectivity index (χ4n) is 2.33. The van der Waals surface area contributed by atoms with E-state index in [0.717, 1.165) is 12.8 Å². The van der Waals surface area contributed by atoms with Crippen LogP contribution in [0.25, 0.3) is 0 Å². The standard InChI is InChI=1S/C16H18N4O3/c1-10-18-14(9-22-10)15(21)19-12-5-2-11(3-6-12)4-7-13-8-23-16(17)20-13/h2-3,5-6,9,13H,4,7-8H2,1H3,(H2,17,20)(H,19,21)/t13-/m0/s1. The average molecular weight is 314 g/mol. The van der Waals surface area contributed by atoms with E-state index in [1.165, 1.54) is 11.8 Å². The van der Waals surface area contributed by atoms with Crippen molar-refractivity contribution in [3.8, 4) is 0 Å². The summed E-state index contributed by atoms with van der Waals surface area (Å²) < 4.78 is 10.2. The molecule has 120 valence electrons. The van der Waals surface area contributed by atoms with Crippen LogP contribution in [0.15, 0.2) is 39.9 Å². The number of benzene rings is 1. The van der Waals surface area contributed by atoms with Crippen LogP contribution in [0.1, 0.15) is 28.4 Å². The fraction of sp³-hybridized carbons (Fsp3) is 0.312. The maximum absolute atomic E-state index is 12.0. The van der Waals surface area contributed by atoms with Crippen LogP contribution < -0.4 is 11.1 Å². The molecule has 0 spiro atoms. The smallest absolute Gasteiger partial charge is 0.282 e. The fourth-order valence-corrected chi connectivity index (χ4v) is 2.33. The maximum Gasteiger partial charge on any atom is 0.282 e. The number of carbonyl (C=O) groups is 1. The van der Waals surface area contributed by atoms with Gasteiger partial charge in [-0.05, 0) is 30.5 Å². The second kappa shape index (κ2) is 6.51. The first-order chi connectivity index (χ1) is 11.1. The number of aliphatic imine (C=N–C) groups is 1. The zero-order valence-electron chi connectivity index (χ0n) is 12.8. The second-order valence-electron chi connectivity index (χ2n) is 5.37. The van der Waals surface area contributed by atoms with Crippen LogP contribution in [-0.4, -0.2) is 29.6 Å². The molecule has 1 aromatic carbocycles. The Labute approximate surface area is 133 Å². The van der Waals surface area contributed by atoms with Crippen molar-refractivity contribution in [1.82, 2.24) is 4.98 Å². The molecule has 0 bridgehead atoms. The molecule has 1 atom stereocenters. The van der Waals surface area contributed by atoms with E-state index in [-0.39, 0.29) is 23.7 Å². The zero-order chi connectivity index (χ0) is 16.2. The van der Waals surface area contributed by atoms with E-state index in [9.17, 15) is 4.79 Å². The Morgan fingerprint density at radius 1 is 1.39 bits per heavy atom. The molecule has 0 saturated carbocycles. The summed E-state index contributed by atoms with van der Waals surface area (Å²) in [6, 6.07) is 8.09. The Balaban J connectivity index is 1.53. The molecule has 1 aromatic heterocycles. The maximum atomic E-state index is 12.0. The average Bonchev–Trinajstić information content (AvgIpc) is 3.15. The van der Waals surface area contributed by atoms with Crippen molar-refractivity contribution >= 4 is 17.6 Å². The largest absolute Gasteiger partial charge is 0.463 e. The molecule has 0 radical (unpaired) electrons. The minimum atomic E-state index is -0.289. The van der Waals surface area contributed by atoms with Gasteiger partial charge in [-0.3, -0.25) is 4.79 Å². The predicted molar refractivity (Wildman–Crippen MR) is 85.3 cm³/mol. The number of hydrogen-bond acceptors (Lipinski definition) is 6. The van der Waals surface area contributed by atoms with E-state index in [0.29, 0.717) is 18.2 Å². The number of amides is 1. The van der Waals surface area contributed by atoms with Crippen molar-refractivity contribution in [2.45, 2.75) is 25.8 Å². The molecule has 2 heterocycles. The van der Waals surface area contributed by atoms with E-state index in [2.05, 4.69) is 15.3 Å². The van der Waals surface area contributed by atoms with E-state index in [1.54, 1.807) is 6.92 Å². The monoisotopic (exact) mass is 314 g/mol. The molecule has 7 nitrogen and oxygen atoms in total. The second-order valence-corrected chi connectivity index (χ2v) is 5.37. The van der Waals surface area contributed by atoms with Gasteiger partial charge in [0.05, 0.1) is 6.04 Å². The Morgan fingerprint density at radius 2 is 2.17 bits per heavy atom. The first-order valence-electron chi connectivity index (χ1n) is 7.38. The lowest BCUT2D eigenvalue weighted by molar-refractivity contribution is 0.102. The Hall–Kier alpha value is -2.83. The van der Waals surface area contributed by atoms with Gasteiger partial charge in [-0.2, -0.15) is 0 Å². The van der Waals surface area contributed by atoms with Crippen molar-refractivity contribution in [2.24, 2.45) is 10.7 Å². The molecule has 1 aliphatic heterocycles. The third-order valence-electron chi connectivity index (χ3n) is 3.56. The number of nitrogens with zero attached hydrogens (tertiary/aromatic N) is 2. The lowest BCUT2D eigenvalue weighted by Gasteiger charge is -2.07. The van der Waals surface area contributed by atoms with Crippen molar-refractivity contribution in [1.29, 1.82) is 0 Å². The molecule has 0 aliphatic carbocycles. The van der Waals surface area contributed by atoms with Gasteiger partial charge < -0.3 is 20.2 Å². The number of rotatable bonds is 5. The van der Waals surface area contributed by atoms with Crippen LogP contribution in [0.4, 0.5) is 5.69 Å².